The molecule has 0 aromatic carbocycles. The second-order valence-corrected chi connectivity index (χ2v) is 5.87. The number of pyridine rings is 1. The van der Waals surface area contributed by atoms with Crippen molar-refractivity contribution in [2.75, 3.05) is 0 Å². The van der Waals surface area contributed by atoms with Gasteiger partial charge in [-0.2, -0.15) is 5.10 Å². The summed E-state index contributed by atoms with van der Waals surface area (Å²) in [7, 11) is 1.78. The number of nitrogens with zero attached hydrogens (tertiary/aromatic N) is 3. The van der Waals surface area contributed by atoms with Crippen LogP contribution in [0.1, 0.15) is 42.5 Å². The highest BCUT2D eigenvalue weighted by Crippen LogP contribution is 2.19. The fraction of sp³-hybridized carbons (Fsp3) is 0.429. The largest absolute Gasteiger partial charge is 0.342 e. The molecule has 1 amide bonds. The number of aromatic amines is 1. The molecule has 0 saturated heterocycles. The molecule has 8 heteroatoms. The number of aromatic nitrogens is 4. The number of amides is 1. The SMILES string of the molecule is CC(C)CC(NC(=O)c1c[nH]c(=O)c(Cl)c1)c1ncnn1C. The lowest BCUT2D eigenvalue weighted by molar-refractivity contribution is 0.0928. The Hall–Kier alpha value is -2.15. The third kappa shape index (κ3) is 3.73. The Morgan fingerprint density at radius 1 is 1.50 bits per heavy atom. The van der Waals surface area contributed by atoms with Gasteiger partial charge >= 0.3 is 0 Å². The smallest absolute Gasteiger partial charge is 0.266 e. The van der Waals surface area contributed by atoms with Gasteiger partial charge in [-0.1, -0.05) is 25.4 Å². The fourth-order valence-electron chi connectivity index (χ4n) is 2.15. The van der Waals surface area contributed by atoms with Crippen LogP contribution in [0.15, 0.2) is 23.4 Å². The molecule has 0 saturated carbocycles. The van der Waals surface area contributed by atoms with Crippen LogP contribution in [-0.4, -0.2) is 25.7 Å². The lowest BCUT2D eigenvalue weighted by Crippen LogP contribution is -2.31. The molecule has 2 rings (SSSR count). The molecule has 0 fully saturated rings. The van der Waals surface area contributed by atoms with Gasteiger partial charge in [0.05, 0.1) is 11.6 Å². The van der Waals surface area contributed by atoms with Crippen LogP contribution >= 0.6 is 11.6 Å². The van der Waals surface area contributed by atoms with Crippen molar-refractivity contribution in [2.45, 2.75) is 26.3 Å². The van der Waals surface area contributed by atoms with E-state index in [9.17, 15) is 9.59 Å². The molecule has 2 N–H and O–H groups in total. The number of rotatable bonds is 5. The van der Waals surface area contributed by atoms with Gasteiger partial charge < -0.3 is 10.3 Å². The van der Waals surface area contributed by atoms with Crippen LogP contribution in [0.2, 0.25) is 5.02 Å². The third-order valence-electron chi connectivity index (χ3n) is 3.19. The summed E-state index contributed by atoms with van der Waals surface area (Å²) in [5.41, 5.74) is -0.134. The van der Waals surface area contributed by atoms with E-state index in [1.54, 1.807) is 11.7 Å². The molecule has 0 bridgehead atoms. The summed E-state index contributed by atoms with van der Waals surface area (Å²) < 4.78 is 1.63. The number of halogens is 1. The molecule has 2 aromatic heterocycles. The van der Waals surface area contributed by atoms with E-state index in [-0.39, 0.29) is 17.0 Å². The Labute approximate surface area is 132 Å². The van der Waals surface area contributed by atoms with E-state index < -0.39 is 5.56 Å². The molecule has 118 valence electrons. The van der Waals surface area contributed by atoms with Crippen LogP contribution in [0, 0.1) is 5.92 Å². The maximum atomic E-state index is 12.4. The zero-order chi connectivity index (χ0) is 16.3. The highest BCUT2D eigenvalue weighted by molar-refractivity contribution is 6.30. The predicted molar refractivity (Wildman–Crippen MR) is 82.7 cm³/mol. The molecular weight excluding hydrogens is 306 g/mol. The first kappa shape index (κ1) is 16.2. The summed E-state index contributed by atoms with van der Waals surface area (Å²) in [6, 6.07) is 1.07. The van der Waals surface area contributed by atoms with E-state index in [1.807, 2.05) is 0 Å². The number of hydrogen-bond donors (Lipinski definition) is 2. The molecule has 2 heterocycles. The molecule has 0 aliphatic rings. The van der Waals surface area contributed by atoms with Gasteiger partial charge in [0.25, 0.3) is 11.5 Å². The summed E-state index contributed by atoms with van der Waals surface area (Å²) in [5.74, 6) is 0.713. The maximum Gasteiger partial charge on any atom is 0.266 e. The van der Waals surface area contributed by atoms with Crippen LogP contribution in [0.25, 0.3) is 0 Å². The van der Waals surface area contributed by atoms with E-state index in [0.717, 1.165) is 6.42 Å². The molecular formula is C14H18ClN5O2. The molecule has 0 spiro atoms. The molecule has 22 heavy (non-hydrogen) atoms. The Balaban J connectivity index is 2.23. The Bertz CT molecular complexity index is 722. The molecule has 2 aromatic rings. The number of carbonyl (C=O) groups is 1. The van der Waals surface area contributed by atoms with Crippen molar-refractivity contribution >= 4 is 17.5 Å². The quantitative estimate of drug-likeness (QED) is 0.875. The first-order valence-electron chi connectivity index (χ1n) is 6.91. The third-order valence-corrected chi connectivity index (χ3v) is 3.47. The molecule has 1 atom stereocenters. The van der Waals surface area contributed by atoms with Gasteiger partial charge in [-0.3, -0.25) is 14.3 Å². The summed E-state index contributed by atoms with van der Waals surface area (Å²) in [6.07, 6.45) is 3.51. The number of carbonyl (C=O) groups excluding carboxylic acids is 1. The number of aryl methyl sites for hydroxylation is 1. The van der Waals surface area contributed by atoms with Crippen LogP contribution in [0.3, 0.4) is 0 Å². The number of nitrogens with one attached hydrogen (secondary N) is 2. The van der Waals surface area contributed by atoms with Crippen LogP contribution < -0.4 is 10.9 Å². The minimum atomic E-state index is -0.426. The van der Waals surface area contributed by atoms with Gasteiger partial charge in [-0.15, -0.1) is 0 Å². The molecule has 0 radical (unpaired) electrons. The van der Waals surface area contributed by atoms with Gasteiger partial charge in [0.1, 0.15) is 17.2 Å². The van der Waals surface area contributed by atoms with Crippen LogP contribution in [0.5, 0.6) is 0 Å². The highest BCUT2D eigenvalue weighted by atomic mass is 35.5. The zero-order valence-electron chi connectivity index (χ0n) is 12.6. The minimum absolute atomic E-state index is 0.0216. The Morgan fingerprint density at radius 3 is 2.77 bits per heavy atom. The lowest BCUT2D eigenvalue weighted by Gasteiger charge is -2.19. The summed E-state index contributed by atoms with van der Waals surface area (Å²) in [6.45, 7) is 4.12. The van der Waals surface area contributed by atoms with E-state index in [1.165, 1.54) is 18.6 Å². The van der Waals surface area contributed by atoms with Crippen molar-refractivity contribution in [3.05, 3.63) is 45.4 Å². The Kier molecular flexibility index (Phi) is 4.97. The van der Waals surface area contributed by atoms with Crippen molar-refractivity contribution in [1.82, 2.24) is 25.1 Å². The monoisotopic (exact) mass is 323 g/mol. The van der Waals surface area contributed by atoms with E-state index in [0.29, 0.717) is 17.3 Å². The molecule has 0 aliphatic carbocycles. The minimum Gasteiger partial charge on any atom is -0.342 e. The standard InChI is InChI=1S/C14H18ClN5O2/c1-8(2)4-11(12-17-7-18-20(12)3)19-13(21)9-5-10(15)14(22)16-6-9/h5-8,11H,4H2,1-3H3,(H,16,22)(H,19,21). The van der Waals surface area contributed by atoms with Gasteiger partial charge in [-0.05, 0) is 18.4 Å². The van der Waals surface area contributed by atoms with Crippen LogP contribution in [0.4, 0.5) is 0 Å². The number of hydrogen-bond acceptors (Lipinski definition) is 4. The lowest BCUT2D eigenvalue weighted by atomic mass is 10.0. The predicted octanol–water partition coefficient (Wildman–Crippen LogP) is 1.67. The topological polar surface area (TPSA) is 92.7 Å². The van der Waals surface area contributed by atoms with Crippen molar-refractivity contribution in [2.24, 2.45) is 13.0 Å². The number of H-pyrrole nitrogens is 1. The average Bonchev–Trinajstić information content (AvgIpc) is 2.86. The van der Waals surface area contributed by atoms with Crippen molar-refractivity contribution in [3.63, 3.8) is 0 Å². The van der Waals surface area contributed by atoms with Gasteiger partial charge in [0.15, 0.2) is 0 Å². The second kappa shape index (κ2) is 6.74. The maximum absolute atomic E-state index is 12.4. The van der Waals surface area contributed by atoms with E-state index in [2.05, 4.69) is 34.2 Å². The van der Waals surface area contributed by atoms with Gasteiger partial charge in [-0.25, -0.2) is 4.98 Å². The van der Waals surface area contributed by atoms with E-state index in [4.69, 9.17) is 11.6 Å². The van der Waals surface area contributed by atoms with E-state index >= 15 is 0 Å². The summed E-state index contributed by atoms with van der Waals surface area (Å²) in [5, 5.41) is 6.93. The molecule has 0 aliphatic heterocycles. The fourth-order valence-corrected chi connectivity index (χ4v) is 2.32. The molecule has 1 unspecified atom stereocenters. The summed E-state index contributed by atoms with van der Waals surface area (Å²) >= 11 is 5.75. The zero-order valence-corrected chi connectivity index (χ0v) is 13.4. The van der Waals surface area contributed by atoms with Gasteiger partial charge in [0, 0.05) is 13.2 Å². The average molecular weight is 324 g/mol. The first-order valence-corrected chi connectivity index (χ1v) is 7.29. The second-order valence-electron chi connectivity index (χ2n) is 5.46. The Morgan fingerprint density at radius 2 is 2.23 bits per heavy atom. The highest BCUT2D eigenvalue weighted by Gasteiger charge is 2.21. The van der Waals surface area contributed by atoms with Crippen molar-refractivity contribution in [3.8, 4) is 0 Å². The first-order chi connectivity index (χ1) is 10.4. The van der Waals surface area contributed by atoms with Crippen molar-refractivity contribution in [1.29, 1.82) is 0 Å². The van der Waals surface area contributed by atoms with Gasteiger partial charge in [0.2, 0.25) is 0 Å². The normalized spacial score (nSPS) is 12.4. The summed E-state index contributed by atoms with van der Waals surface area (Å²) in [4.78, 5) is 30.2. The van der Waals surface area contributed by atoms with Crippen molar-refractivity contribution < 1.29 is 4.79 Å². The van der Waals surface area contributed by atoms with Crippen LogP contribution in [-0.2, 0) is 7.05 Å². The molecule has 7 nitrogen and oxygen atoms in total.